The maximum Gasteiger partial charge on any atom is 0.251 e. The molecule has 0 bridgehead atoms. The second-order valence-electron chi connectivity index (χ2n) is 8.41. The predicted molar refractivity (Wildman–Crippen MR) is 125 cm³/mol. The van der Waals surface area contributed by atoms with Crippen molar-refractivity contribution < 1.29 is 14.3 Å². The van der Waals surface area contributed by atoms with Gasteiger partial charge < -0.3 is 15.4 Å². The highest BCUT2D eigenvalue weighted by atomic mass is 35.5. The first-order chi connectivity index (χ1) is 15.5. The van der Waals surface area contributed by atoms with Gasteiger partial charge in [0.1, 0.15) is 0 Å². The van der Waals surface area contributed by atoms with E-state index < -0.39 is 0 Å². The fraction of sp³-hybridized carbons (Fsp3) is 0.417. The average Bonchev–Trinajstić information content (AvgIpc) is 3.59. The van der Waals surface area contributed by atoms with Crippen molar-refractivity contribution in [1.29, 1.82) is 0 Å². The van der Waals surface area contributed by atoms with Crippen LogP contribution in [-0.2, 0) is 22.5 Å². The summed E-state index contributed by atoms with van der Waals surface area (Å²) < 4.78 is 5.83. The lowest BCUT2D eigenvalue weighted by atomic mass is 10.1. The van der Waals surface area contributed by atoms with Gasteiger partial charge >= 0.3 is 0 Å². The van der Waals surface area contributed by atoms with Crippen molar-refractivity contribution in [2.75, 3.05) is 26.2 Å². The summed E-state index contributed by atoms with van der Waals surface area (Å²) in [6, 6.07) is 13.2. The number of hydrogen-bond donors (Lipinski definition) is 2. The number of ether oxygens (including phenoxy) is 1. The SMILES string of the molecule is O=C(Cc1cccc(C(=O)NC2CC2)c1)NCC1CN(Cc2ccc(Cl)c(Cl)c2)CCO1. The lowest BCUT2D eigenvalue weighted by Crippen LogP contribution is -2.47. The first kappa shape index (κ1) is 23.1. The molecule has 0 radical (unpaired) electrons. The van der Waals surface area contributed by atoms with Crippen LogP contribution in [0.15, 0.2) is 42.5 Å². The molecule has 1 saturated carbocycles. The minimum atomic E-state index is -0.0880. The molecule has 1 aliphatic heterocycles. The zero-order valence-electron chi connectivity index (χ0n) is 17.8. The van der Waals surface area contributed by atoms with E-state index in [9.17, 15) is 9.59 Å². The fourth-order valence-electron chi connectivity index (χ4n) is 3.74. The molecule has 2 fully saturated rings. The van der Waals surface area contributed by atoms with Crippen molar-refractivity contribution in [3.8, 4) is 0 Å². The third-order valence-corrected chi connectivity index (χ3v) is 6.35. The van der Waals surface area contributed by atoms with Gasteiger partial charge in [-0.25, -0.2) is 0 Å². The van der Waals surface area contributed by atoms with Gasteiger partial charge in [-0.15, -0.1) is 0 Å². The van der Waals surface area contributed by atoms with E-state index in [4.69, 9.17) is 27.9 Å². The topological polar surface area (TPSA) is 70.7 Å². The van der Waals surface area contributed by atoms with Gasteiger partial charge in [0, 0.05) is 37.8 Å². The van der Waals surface area contributed by atoms with Crippen LogP contribution < -0.4 is 10.6 Å². The van der Waals surface area contributed by atoms with Crippen LogP contribution in [0.5, 0.6) is 0 Å². The van der Waals surface area contributed by atoms with Crippen LogP contribution in [0.3, 0.4) is 0 Å². The molecule has 1 saturated heterocycles. The van der Waals surface area contributed by atoms with Crippen molar-refractivity contribution >= 4 is 35.0 Å². The standard InChI is InChI=1S/C24H27Cl2N3O3/c25-21-7-4-17(11-22(21)26)14-29-8-9-32-20(15-29)13-27-23(30)12-16-2-1-3-18(10-16)24(31)28-19-5-6-19/h1-4,7,10-11,19-20H,5-6,8-9,12-15H2,(H,27,30)(H,28,31). The summed E-state index contributed by atoms with van der Waals surface area (Å²) in [6.45, 7) is 3.34. The highest BCUT2D eigenvalue weighted by molar-refractivity contribution is 6.42. The Morgan fingerprint density at radius 3 is 2.69 bits per heavy atom. The summed E-state index contributed by atoms with van der Waals surface area (Å²) in [4.78, 5) is 27.0. The van der Waals surface area contributed by atoms with Gasteiger partial charge in [-0.2, -0.15) is 0 Å². The van der Waals surface area contributed by atoms with Crippen LogP contribution >= 0.6 is 23.2 Å². The van der Waals surface area contributed by atoms with E-state index in [0.717, 1.165) is 43.6 Å². The lowest BCUT2D eigenvalue weighted by molar-refractivity contribution is -0.121. The number of rotatable bonds is 8. The zero-order chi connectivity index (χ0) is 22.5. The van der Waals surface area contributed by atoms with Crippen LogP contribution in [0.25, 0.3) is 0 Å². The Kier molecular flexibility index (Phi) is 7.68. The average molecular weight is 476 g/mol. The molecule has 32 heavy (non-hydrogen) atoms. The van der Waals surface area contributed by atoms with E-state index in [1.165, 1.54) is 0 Å². The molecule has 6 nitrogen and oxygen atoms in total. The van der Waals surface area contributed by atoms with Crippen LogP contribution in [0.4, 0.5) is 0 Å². The molecule has 2 amide bonds. The highest BCUT2D eigenvalue weighted by Crippen LogP contribution is 2.23. The molecule has 1 atom stereocenters. The molecule has 2 aliphatic rings. The van der Waals surface area contributed by atoms with Gasteiger partial charge in [-0.1, -0.05) is 41.4 Å². The Morgan fingerprint density at radius 2 is 1.91 bits per heavy atom. The minimum absolute atomic E-state index is 0.0765. The molecule has 0 spiro atoms. The van der Waals surface area contributed by atoms with Crippen molar-refractivity contribution in [2.24, 2.45) is 0 Å². The molecular formula is C24H27Cl2N3O3. The molecule has 1 heterocycles. The third-order valence-electron chi connectivity index (χ3n) is 5.61. The second kappa shape index (κ2) is 10.7. The number of carbonyl (C=O) groups is 2. The number of amides is 2. The maximum atomic E-state index is 12.5. The Morgan fingerprint density at radius 1 is 1.06 bits per heavy atom. The molecule has 0 aromatic heterocycles. The van der Waals surface area contributed by atoms with Gasteiger partial charge in [0.05, 0.1) is 29.2 Å². The van der Waals surface area contributed by atoms with Crippen molar-refractivity contribution in [2.45, 2.75) is 38.0 Å². The Bertz CT molecular complexity index is 981. The van der Waals surface area contributed by atoms with Crippen molar-refractivity contribution in [3.05, 3.63) is 69.2 Å². The van der Waals surface area contributed by atoms with E-state index >= 15 is 0 Å². The number of nitrogens with zero attached hydrogens (tertiary/aromatic N) is 1. The number of benzene rings is 2. The number of hydrogen-bond acceptors (Lipinski definition) is 4. The first-order valence-electron chi connectivity index (χ1n) is 10.9. The quantitative estimate of drug-likeness (QED) is 0.613. The van der Waals surface area contributed by atoms with E-state index in [2.05, 4.69) is 15.5 Å². The van der Waals surface area contributed by atoms with Crippen LogP contribution in [0.2, 0.25) is 10.0 Å². The van der Waals surface area contributed by atoms with Crippen LogP contribution in [0, 0.1) is 0 Å². The molecule has 8 heteroatoms. The monoisotopic (exact) mass is 475 g/mol. The maximum absolute atomic E-state index is 12.5. The molecule has 2 aromatic carbocycles. The van der Waals surface area contributed by atoms with Gasteiger partial charge in [0.25, 0.3) is 5.91 Å². The fourth-order valence-corrected chi connectivity index (χ4v) is 4.06. The first-order valence-corrected chi connectivity index (χ1v) is 11.7. The number of nitrogens with one attached hydrogen (secondary N) is 2. The second-order valence-corrected chi connectivity index (χ2v) is 9.22. The van der Waals surface area contributed by atoms with Gasteiger partial charge in [0.15, 0.2) is 0 Å². The third kappa shape index (κ3) is 6.69. The summed E-state index contributed by atoms with van der Waals surface area (Å²) in [5.41, 5.74) is 2.50. The predicted octanol–water partition coefficient (Wildman–Crippen LogP) is 3.45. The van der Waals surface area contributed by atoms with E-state index in [1.807, 2.05) is 30.3 Å². The van der Waals surface area contributed by atoms with E-state index in [0.29, 0.717) is 34.8 Å². The Hall–Kier alpha value is -2.12. The highest BCUT2D eigenvalue weighted by Gasteiger charge is 2.24. The normalized spacial score (nSPS) is 18.9. The molecule has 2 aromatic rings. The summed E-state index contributed by atoms with van der Waals surface area (Å²) in [5, 5.41) is 7.03. The summed E-state index contributed by atoms with van der Waals surface area (Å²) >= 11 is 12.1. The molecular weight excluding hydrogens is 449 g/mol. The summed E-state index contributed by atoms with van der Waals surface area (Å²) in [7, 11) is 0. The van der Waals surface area contributed by atoms with E-state index in [1.54, 1.807) is 12.1 Å². The van der Waals surface area contributed by atoms with Crippen molar-refractivity contribution in [3.63, 3.8) is 0 Å². The summed E-state index contributed by atoms with van der Waals surface area (Å²) in [5.74, 6) is -0.164. The molecule has 2 N–H and O–H groups in total. The minimum Gasteiger partial charge on any atom is -0.374 e. The van der Waals surface area contributed by atoms with Gasteiger partial charge in [-0.3, -0.25) is 14.5 Å². The summed E-state index contributed by atoms with van der Waals surface area (Å²) in [6.07, 6.45) is 2.24. The lowest BCUT2D eigenvalue weighted by Gasteiger charge is -2.33. The molecule has 4 rings (SSSR count). The van der Waals surface area contributed by atoms with Crippen LogP contribution in [0.1, 0.15) is 34.3 Å². The number of morpholine rings is 1. The smallest absolute Gasteiger partial charge is 0.251 e. The van der Waals surface area contributed by atoms with Crippen LogP contribution in [-0.4, -0.2) is 55.1 Å². The van der Waals surface area contributed by atoms with Crippen molar-refractivity contribution in [1.82, 2.24) is 15.5 Å². The van der Waals surface area contributed by atoms with Gasteiger partial charge in [0.2, 0.25) is 5.91 Å². The Balaban J connectivity index is 1.23. The number of halogens is 2. The molecule has 1 unspecified atom stereocenters. The zero-order valence-corrected chi connectivity index (χ0v) is 19.3. The van der Waals surface area contributed by atoms with Gasteiger partial charge in [-0.05, 0) is 48.2 Å². The molecule has 1 aliphatic carbocycles. The molecule has 170 valence electrons. The van der Waals surface area contributed by atoms with E-state index in [-0.39, 0.29) is 24.3 Å². The number of carbonyl (C=O) groups excluding carboxylic acids is 2. The largest absolute Gasteiger partial charge is 0.374 e. The Labute approximate surface area is 198 Å².